The number of aromatic nitrogens is 4. The van der Waals surface area contributed by atoms with Crippen LogP contribution >= 0.6 is 0 Å². The van der Waals surface area contributed by atoms with Gasteiger partial charge in [-0.3, -0.25) is 18.5 Å². The van der Waals surface area contributed by atoms with Gasteiger partial charge in [0.05, 0.1) is 0 Å². The Labute approximate surface area is 97.3 Å². The lowest BCUT2D eigenvalue weighted by Gasteiger charge is -2.08. The molecule has 0 aliphatic heterocycles. The normalized spacial score (nSPS) is 11.1. The fourth-order valence-electron chi connectivity index (χ4n) is 1.98. The molecule has 0 atom stereocenters. The average Bonchev–Trinajstić information content (AvgIpc) is 2.72. The van der Waals surface area contributed by atoms with E-state index in [1.807, 2.05) is 6.92 Å². The van der Waals surface area contributed by atoms with E-state index in [1.165, 1.54) is 11.6 Å². The van der Waals surface area contributed by atoms with Crippen LogP contribution in [0, 0.1) is 0 Å². The fourth-order valence-corrected chi connectivity index (χ4v) is 1.98. The molecule has 2 rings (SSSR count). The van der Waals surface area contributed by atoms with Gasteiger partial charge in [0.15, 0.2) is 11.2 Å². The molecule has 0 radical (unpaired) electrons. The highest BCUT2D eigenvalue weighted by atomic mass is 16.2. The molecule has 0 saturated heterocycles. The van der Waals surface area contributed by atoms with Crippen molar-refractivity contribution >= 4 is 17.1 Å². The van der Waals surface area contributed by atoms with Crippen LogP contribution in [-0.2, 0) is 20.6 Å². The first-order chi connectivity index (χ1) is 8.02. The molecule has 0 fully saturated rings. The quantitative estimate of drug-likeness (QED) is 0.764. The van der Waals surface area contributed by atoms with Gasteiger partial charge < -0.3 is 5.32 Å². The van der Waals surface area contributed by atoms with Gasteiger partial charge in [0.25, 0.3) is 5.56 Å². The van der Waals surface area contributed by atoms with Gasteiger partial charge in [-0.05, 0) is 6.92 Å². The van der Waals surface area contributed by atoms with Crippen molar-refractivity contribution < 1.29 is 0 Å². The number of nitrogens with one attached hydrogen (secondary N) is 1. The number of hydrogen-bond acceptors (Lipinski definition) is 4. The number of anilines is 1. The highest BCUT2D eigenvalue weighted by Gasteiger charge is 2.16. The Bertz CT molecular complexity index is 691. The summed E-state index contributed by atoms with van der Waals surface area (Å²) in [6.45, 7) is 2.57. The van der Waals surface area contributed by atoms with E-state index in [0.29, 0.717) is 23.7 Å². The van der Waals surface area contributed by atoms with Crippen molar-refractivity contribution in [1.82, 2.24) is 18.7 Å². The van der Waals surface area contributed by atoms with Gasteiger partial charge >= 0.3 is 5.69 Å². The van der Waals surface area contributed by atoms with E-state index in [4.69, 9.17) is 0 Å². The van der Waals surface area contributed by atoms with Crippen LogP contribution in [-0.4, -0.2) is 25.7 Å². The zero-order valence-electron chi connectivity index (χ0n) is 10.3. The van der Waals surface area contributed by atoms with Gasteiger partial charge in [0.1, 0.15) is 0 Å². The summed E-state index contributed by atoms with van der Waals surface area (Å²) in [6.07, 6.45) is 0. The van der Waals surface area contributed by atoms with Crippen molar-refractivity contribution in [3.05, 3.63) is 20.8 Å². The molecular formula is C10H15N5O2. The monoisotopic (exact) mass is 237 g/mol. The second kappa shape index (κ2) is 3.76. The first-order valence-electron chi connectivity index (χ1n) is 5.36. The van der Waals surface area contributed by atoms with Crippen molar-refractivity contribution in [3.8, 4) is 0 Å². The second-order valence-corrected chi connectivity index (χ2v) is 3.81. The maximum Gasteiger partial charge on any atom is 0.332 e. The summed E-state index contributed by atoms with van der Waals surface area (Å²) in [7, 11) is 4.82. The lowest BCUT2D eigenvalue weighted by atomic mass is 10.5. The minimum absolute atomic E-state index is 0.306. The molecule has 0 aromatic carbocycles. The van der Waals surface area contributed by atoms with Gasteiger partial charge in [0, 0.05) is 27.7 Å². The zero-order valence-corrected chi connectivity index (χ0v) is 10.3. The van der Waals surface area contributed by atoms with Crippen molar-refractivity contribution in [3.63, 3.8) is 0 Å². The molecule has 0 amide bonds. The molecule has 0 spiro atoms. The second-order valence-electron chi connectivity index (χ2n) is 3.81. The summed E-state index contributed by atoms with van der Waals surface area (Å²) in [5.41, 5.74) is 0.136. The summed E-state index contributed by atoms with van der Waals surface area (Å²) in [5.74, 6) is 0.584. The largest absolute Gasteiger partial charge is 0.359 e. The Hall–Kier alpha value is -2.05. The van der Waals surface area contributed by atoms with Crippen LogP contribution in [0.3, 0.4) is 0 Å². The van der Waals surface area contributed by atoms with E-state index in [9.17, 15) is 9.59 Å². The number of nitrogens with zero attached hydrogens (tertiary/aromatic N) is 4. The molecule has 1 N–H and O–H groups in total. The predicted octanol–water partition coefficient (Wildman–Crippen LogP) is -0.505. The van der Waals surface area contributed by atoms with Gasteiger partial charge in [-0.15, -0.1) is 0 Å². The highest BCUT2D eigenvalue weighted by molar-refractivity contribution is 5.74. The smallest absolute Gasteiger partial charge is 0.332 e. The Morgan fingerprint density at radius 1 is 1.24 bits per heavy atom. The van der Waals surface area contributed by atoms with Crippen LogP contribution < -0.4 is 16.6 Å². The van der Waals surface area contributed by atoms with E-state index in [0.717, 1.165) is 4.57 Å². The van der Waals surface area contributed by atoms with Crippen molar-refractivity contribution in [2.45, 2.75) is 13.5 Å². The van der Waals surface area contributed by atoms with E-state index >= 15 is 0 Å². The van der Waals surface area contributed by atoms with Crippen molar-refractivity contribution in [2.24, 2.45) is 14.1 Å². The SMILES string of the molecule is CCn1c(NC)nc2c(=O)n(C)c(=O)n(C)c21. The molecule has 0 saturated carbocycles. The Balaban J connectivity index is 3.09. The van der Waals surface area contributed by atoms with Crippen molar-refractivity contribution in [2.75, 3.05) is 12.4 Å². The number of rotatable bonds is 2. The summed E-state index contributed by atoms with van der Waals surface area (Å²) < 4.78 is 4.31. The number of imidazole rings is 1. The molecule has 0 unspecified atom stereocenters. The van der Waals surface area contributed by atoms with Crippen LogP contribution in [0.25, 0.3) is 11.2 Å². The van der Waals surface area contributed by atoms with E-state index < -0.39 is 0 Å². The standard InChI is InChI=1S/C10H15N5O2/c1-5-15-7-6(12-9(15)11-2)8(16)14(4)10(17)13(7)3/h5H2,1-4H3,(H,11,12). The van der Waals surface area contributed by atoms with Crippen LogP contribution in [0.1, 0.15) is 6.92 Å². The molecule has 0 aliphatic rings. The average molecular weight is 237 g/mol. The Morgan fingerprint density at radius 2 is 1.88 bits per heavy atom. The molecule has 92 valence electrons. The van der Waals surface area contributed by atoms with Gasteiger partial charge in [-0.25, -0.2) is 9.78 Å². The Morgan fingerprint density at radius 3 is 2.41 bits per heavy atom. The molecular weight excluding hydrogens is 222 g/mol. The summed E-state index contributed by atoms with van der Waals surface area (Å²) in [6, 6.07) is 0. The number of fused-ring (bicyclic) bond motifs is 1. The summed E-state index contributed by atoms with van der Waals surface area (Å²) in [5, 5.41) is 2.92. The van der Waals surface area contributed by atoms with Gasteiger partial charge in [-0.2, -0.15) is 0 Å². The maximum absolute atomic E-state index is 11.9. The van der Waals surface area contributed by atoms with Crippen LogP contribution in [0.15, 0.2) is 9.59 Å². The molecule has 0 aliphatic carbocycles. The van der Waals surface area contributed by atoms with Crippen molar-refractivity contribution in [1.29, 1.82) is 0 Å². The zero-order chi connectivity index (χ0) is 12.7. The molecule has 2 aromatic heterocycles. The third kappa shape index (κ3) is 1.38. The maximum atomic E-state index is 11.9. The molecule has 17 heavy (non-hydrogen) atoms. The third-order valence-corrected chi connectivity index (χ3v) is 2.88. The minimum atomic E-state index is -0.369. The first kappa shape index (κ1) is 11.4. The summed E-state index contributed by atoms with van der Waals surface area (Å²) in [4.78, 5) is 28.0. The van der Waals surface area contributed by atoms with Crippen LogP contribution in [0.4, 0.5) is 5.95 Å². The predicted molar refractivity (Wildman–Crippen MR) is 65.4 cm³/mol. The Kier molecular flexibility index (Phi) is 2.53. The highest BCUT2D eigenvalue weighted by Crippen LogP contribution is 2.14. The molecule has 2 aromatic rings. The lowest BCUT2D eigenvalue weighted by molar-refractivity contribution is 0.683. The third-order valence-electron chi connectivity index (χ3n) is 2.88. The first-order valence-corrected chi connectivity index (χ1v) is 5.36. The molecule has 2 heterocycles. The van der Waals surface area contributed by atoms with E-state index in [-0.39, 0.29) is 11.2 Å². The number of aryl methyl sites for hydroxylation is 2. The van der Waals surface area contributed by atoms with Gasteiger partial charge in [-0.1, -0.05) is 0 Å². The van der Waals surface area contributed by atoms with E-state index in [1.54, 1.807) is 18.7 Å². The van der Waals surface area contributed by atoms with Crippen LogP contribution in [0.5, 0.6) is 0 Å². The summed E-state index contributed by atoms with van der Waals surface area (Å²) >= 11 is 0. The number of hydrogen-bond donors (Lipinski definition) is 1. The minimum Gasteiger partial charge on any atom is -0.359 e. The lowest BCUT2D eigenvalue weighted by Crippen LogP contribution is -2.37. The van der Waals surface area contributed by atoms with E-state index in [2.05, 4.69) is 10.3 Å². The fraction of sp³-hybridized carbons (Fsp3) is 0.500. The topological polar surface area (TPSA) is 73.8 Å². The molecule has 7 nitrogen and oxygen atoms in total. The molecule has 7 heteroatoms. The van der Waals surface area contributed by atoms with Crippen LogP contribution in [0.2, 0.25) is 0 Å². The van der Waals surface area contributed by atoms with Gasteiger partial charge in [0.2, 0.25) is 5.95 Å². The molecule has 0 bridgehead atoms.